The molecule has 0 saturated heterocycles. The van der Waals surface area contributed by atoms with Crippen LogP contribution in [0.3, 0.4) is 0 Å². The van der Waals surface area contributed by atoms with Gasteiger partial charge in [0.25, 0.3) is 0 Å². The van der Waals surface area contributed by atoms with Crippen molar-refractivity contribution in [3.63, 3.8) is 0 Å². The molecule has 0 aromatic carbocycles. The Morgan fingerprint density at radius 2 is 1.61 bits per heavy atom. The molecule has 2 rings (SSSR count). The summed E-state index contributed by atoms with van der Waals surface area (Å²) in [5.74, 6) is 0.954. The minimum Gasteiger partial charge on any atom is -0.311 e. The molecule has 0 radical (unpaired) electrons. The molecule has 0 bridgehead atoms. The monoisotopic (exact) mass is 251 g/mol. The predicted molar refractivity (Wildman–Crippen MR) is 79.8 cm³/mol. The van der Waals surface area contributed by atoms with Crippen LogP contribution in [0, 0.1) is 11.3 Å². The molecule has 2 aliphatic carbocycles. The molecule has 2 atom stereocenters. The molecular weight excluding hydrogens is 218 g/mol. The number of nitrogens with one attached hydrogen (secondary N) is 1. The van der Waals surface area contributed by atoms with E-state index in [0.717, 1.165) is 18.0 Å². The van der Waals surface area contributed by atoms with Crippen LogP contribution in [-0.2, 0) is 0 Å². The average molecular weight is 251 g/mol. The maximum absolute atomic E-state index is 3.97. The molecule has 1 N–H and O–H groups in total. The smallest absolute Gasteiger partial charge is 0.00698 e. The van der Waals surface area contributed by atoms with Crippen molar-refractivity contribution in [3.8, 4) is 0 Å². The van der Waals surface area contributed by atoms with E-state index in [9.17, 15) is 0 Å². The van der Waals surface area contributed by atoms with Crippen LogP contribution in [0.15, 0.2) is 0 Å². The van der Waals surface area contributed by atoms with Crippen LogP contribution in [0.1, 0.15) is 85.0 Å². The fourth-order valence-corrected chi connectivity index (χ4v) is 3.97. The van der Waals surface area contributed by atoms with Crippen LogP contribution in [0.25, 0.3) is 0 Å². The van der Waals surface area contributed by atoms with Gasteiger partial charge in [-0.15, -0.1) is 0 Å². The van der Waals surface area contributed by atoms with Crippen molar-refractivity contribution in [1.29, 1.82) is 0 Å². The minimum absolute atomic E-state index is 0.588. The quantitative estimate of drug-likeness (QED) is 0.703. The Hall–Kier alpha value is -0.0400. The lowest BCUT2D eigenvalue weighted by atomic mass is 9.84. The van der Waals surface area contributed by atoms with E-state index < -0.39 is 0 Å². The van der Waals surface area contributed by atoms with Crippen LogP contribution in [0.4, 0.5) is 0 Å². The Labute approximate surface area is 114 Å². The molecule has 0 aliphatic heterocycles. The van der Waals surface area contributed by atoms with E-state index >= 15 is 0 Å². The molecule has 2 fully saturated rings. The highest BCUT2D eigenvalue weighted by atomic mass is 15.0. The first-order chi connectivity index (χ1) is 8.57. The summed E-state index contributed by atoms with van der Waals surface area (Å²) in [6, 6.07) is 1.54. The normalized spacial score (nSPS) is 31.8. The van der Waals surface area contributed by atoms with Crippen LogP contribution in [0.2, 0.25) is 0 Å². The summed E-state index contributed by atoms with van der Waals surface area (Å²) in [5, 5.41) is 3.97. The fourth-order valence-electron chi connectivity index (χ4n) is 3.97. The summed E-state index contributed by atoms with van der Waals surface area (Å²) in [7, 11) is 0. The molecule has 0 amide bonds. The lowest BCUT2D eigenvalue weighted by Crippen LogP contribution is -2.41. The van der Waals surface area contributed by atoms with Crippen molar-refractivity contribution in [2.75, 3.05) is 0 Å². The van der Waals surface area contributed by atoms with Gasteiger partial charge in [-0.05, 0) is 56.8 Å². The van der Waals surface area contributed by atoms with Crippen molar-refractivity contribution in [2.45, 2.75) is 97.1 Å². The highest BCUT2D eigenvalue weighted by Crippen LogP contribution is 2.34. The van der Waals surface area contributed by atoms with E-state index in [1.165, 1.54) is 64.2 Å². The second-order valence-electron chi connectivity index (χ2n) is 7.65. The van der Waals surface area contributed by atoms with Crippen molar-refractivity contribution < 1.29 is 0 Å². The second-order valence-corrected chi connectivity index (χ2v) is 7.65. The van der Waals surface area contributed by atoms with Gasteiger partial charge in [0, 0.05) is 12.1 Å². The third-order valence-corrected chi connectivity index (χ3v) is 5.43. The Morgan fingerprint density at radius 1 is 0.889 bits per heavy atom. The molecular formula is C17H33N. The van der Waals surface area contributed by atoms with Crippen molar-refractivity contribution in [3.05, 3.63) is 0 Å². The van der Waals surface area contributed by atoms with Gasteiger partial charge in [0.15, 0.2) is 0 Å². The third kappa shape index (κ3) is 4.26. The maximum Gasteiger partial charge on any atom is 0.00698 e. The predicted octanol–water partition coefficient (Wildman–Crippen LogP) is 4.90. The molecule has 1 unspecified atom stereocenters. The van der Waals surface area contributed by atoms with Gasteiger partial charge in [0.2, 0.25) is 0 Å². The van der Waals surface area contributed by atoms with Crippen LogP contribution in [-0.4, -0.2) is 12.1 Å². The zero-order valence-electron chi connectivity index (χ0n) is 12.8. The van der Waals surface area contributed by atoms with Crippen molar-refractivity contribution in [1.82, 2.24) is 5.32 Å². The van der Waals surface area contributed by atoms with Gasteiger partial charge in [-0.2, -0.15) is 0 Å². The fraction of sp³-hybridized carbons (Fsp3) is 1.00. The number of rotatable bonds is 3. The number of hydrogen-bond donors (Lipinski definition) is 1. The van der Waals surface area contributed by atoms with Gasteiger partial charge in [0.1, 0.15) is 0 Å². The van der Waals surface area contributed by atoms with Gasteiger partial charge in [-0.3, -0.25) is 0 Å². The van der Waals surface area contributed by atoms with E-state index in [1.54, 1.807) is 0 Å². The lowest BCUT2D eigenvalue weighted by molar-refractivity contribution is 0.252. The molecule has 1 nitrogen and oxygen atoms in total. The third-order valence-electron chi connectivity index (χ3n) is 5.43. The molecule has 1 heteroatoms. The molecule has 0 spiro atoms. The van der Waals surface area contributed by atoms with E-state index in [1.807, 2.05) is 0 Å². The standard InChI is InChI=1S/C17H33N/c1-14(15-8-5-4-6-9-15)18-16-10-7-12-17(2,3)13-11-16/h14-16,18H,4-13H2,1-3H3/t14-,16?/m1/s1. The zero-order chi connectivity index (χ0) is 13.0. The summed E-state index contributed by atoms with van der Waals surface area (Å²) in [6.45, 7) is 7.33. The minimum atomic E-state index is 0.588. The molecule has 0 aromatic rings. The highest BCUT2D eigenvalue weighted by Gasteiger charge is 2.27. The molecule has 0 heterocycles. The van der Waals surface area contributed by atoms with Gasteiger partial charge >= 0.3 is 0 Å². The summed E-state index contributed by atoms with van der Waals surface area (Å²) in [5.41, 5.74) is 0.588. The maximum atomic E-state index is 3.97. The topological polar surface area (TPSA) is 12.0 Å². The zero-order valence-corrected chi connectivity index (χ0v) is 12.8. The van der Waals surface area contributed by atoms with E-state index in [-0.39, 0.29) is 0 Å². The van der Waals surface area contributed by atoms with Gasteiger partial charge in [-0.1, -0.05) is 39.5 Å². The molecule has 0 aromatic heterocycles. The van der Waals surface area contributed by atoms with Crippen LogP contribution in [0.5, 0.6) is 0 Å². The first kappa shape index (κ1) is 14.4. The summed E-state index contributed by atoms with van der Waals surface area (Å²) in [4.78, 5) is 0. The average Bonchev–Trinajstić information content (AvgIpc) is 2.52. The van der Waals surface area contributed by atoms with Crippen molar-refractivity contribution >= 4 is 0 Å². The summed E-state index contributed by atoms with van der Waals surface area (Å²) < 4.78 is 0. The Kier molecular flexibility index (Phi) is 5.12. The Bertz CT molecular complexity index is 240. The first-order valence-corrected chi connectivity index (χ1v) is 8.33. The van der Waals surface area contributed by atoms with Gasteiger partial charge in [0.05, 0.1) is 0 Å². The van der Waals surface area contributed by atoms with Gasteiger partial charge in [-0.25, -0.2) is 0 Å². The number of hydrogen-bond acceptors (Lipinski definition) is 1. The summed E-state index contributed by atoms with van der Waals surface area (Å²) in [6.07, 6.45) is 14.4. The van der Waals surface area contributed by atoms with Crippen LogP contribution >= 0.6 is 0 Å². The van der Waals surface area contributed by atoms with E-state index in [2.05, 4.69) is 26.1 Å². The largest absolute Gasteiger partial charge is 0.311 e. The Balaban J connectivity index is 1.77. The Morgan fingerprint density at radius 3 is 2.33 bits per heavy atom. The van der Waals surface area contributed by atoms with E-state index in [4.69, 9.17) is 0 Å². The lowest BCUT2D eigenvalue weighted by Gasteiger charge is -2.31. The summed E-state index contributed by atoms with van der Waals surface area (Å²) >= 11 is 0. The van der Waals surface area contributed by atoms with Crippen LogP contribution < -0.4 is 5.32 Å². The first-order valence-electron chi connectivity index (χ1n) is 8.33. The molecule has 2 saturated carbocycles. The molecule has 106 valence electrons. The second kappa shape index (κ2) is 6.41. The van der Waals surface area contributed by atoms with Gasteiger partial charge < -0.3 is 5.32 Å². The van der Waals surface area contributed by atoms with E-state index in [0.29, 0.717) is 5.41 Å². The molecule has 2 aliphatic rings. The van der Waals surface area contributed by atoms with Crippen molar-refractivity contribution in [2.24, 2.45) is 11.3 Å². The highest BCUT2D eigenvalue weighted by molar-refractivity contribution is 4.83. The molecule has 18 heavy (non-hydrogen) atoms. The SMILES string of the molecule is C[C@@H](NC1CCCC(C)(C)CC1)C1CCCCC1.